The Morgan fingerprint density at radius 3 is 2.26 bits per heavy atom. The predicted molar refractivity (Wildman–Crippen MR) is 90.7 cm³/mol. The lowest BCUT2D eigenvalue weighted by Gasteiger charge is -2.07. The Labute approximate surface area is 138 Å². The van der Waals surface area contributed by atoms with Crippen LogP contribution in [-0.4, -0.2) is 28.7 Å². The molecule has 5 heteroatoms. The van der Waals surface area contributed by atoms with Gasteiger partial charge in [-0.1, -0.05) is 69.4 Å². The number of hydrogen-bond acceptors (Lipinski definition) is 5. The van der Waals surface area contributed by atoms with Crippen molar-refractivity contribution in [2.45, 2.75) is 45.4 Å². The monoisotopic (exact) mass is 315 g/mol. The van der Waals surface area contributed by atoms with Gasteiger partial charge in [-0.2, -0.15) is 9.97 Å². The number of benzene rings is 1. The van der Waals surface area contributed by atoms with E-state index in [1.54, 1.807) is 7.11 Å². The van der Waals surface area contributed by atoms with Crippen molar-refractivity contribution in [1.29, 1.82) is 0 Å². The molecule has 5 nitrogen and oxygen atoms in total. The topological polar surface area (TPSA) is 57.1 Å². The third-order valence-corrected chi connectivity index (χ3v) is 3.54. The molecule has 124 valence electrons. The average molecular weight is 315 g/mol. The van der Waals surface area contributed by atoms with E-state index in [0.29, 0.717) is 18.4 Å². The number of methoxy groups -OCH3 is 1. The van der Waals surface area contributed by atoms with Crippen LogP contribution in [0.3, 0.4) is 0 Å². The summed E-state index contributed by atoms with van der Waals surface area (Å²) in [5, 5.41) is 0. The van der Waals surface area contributed by atoms with E-state index in [0.717, 1.165) is 12.0 Å². The Bertz CT molecular complexity index is 576. The summed E-state index contributed by atoms with van der Waals surface area (Å²) in [6.07, 6.45) is 7.32. The van der Waals surface area contributed by atoms with Crippen LogP contribution in [0, 0.1) is 0 Å². The zero-order valence-electron chi connectivity index (χ0n) is 14.0. The number of ether oxygens (including phenoxy) is 2. The smallest absolute Gasteiger partial charge is 0.323 e. The van der Waals surface area contributed by atoms with E-state index >= 15 is 0 Å². The highest BCUT2D eigenvalue weighted by Gasteiger charge is 2.09. The highest BCUT2D eigenvalue weighted by Crippen LogP contribution is 2.19. The van der Waals surface area contributed by atoms with Crippen molar-refractivity contribution in [3.05, 3.63) is 30.3 Å². The molecule has 1 aromatic heterocycles. The minimum atomic E-state index is 0.275. The zero-order chi connectivity index (χ0) is 16.3. The maximum Gasteiger partial charge on any atom is 0.323 e. The number of hydrogen-bond donors (Lipinski definition) is 0. The molecule has 0 amide bonds. The average Bonchev–Trinajstić information content (AvgIpc) is 2.61. The van der Waals surface area contributed by atoms with Gasteiger partial charge in [-0.15, -0.1) is 4.98 Å². The van der Waals surface area contributed by atoms with Crippen LogP contribution < -0.4 is 9.47 Å². The van der Waals surface area contributed by atoms with Crippen molar-refractivity contribution in [2.24, 2.45) is 0 Å². The van der Waals surface area contributed by atoms with E-state index in [9.17, 15) is 0 Å². The van der Waals surface area contributed by atoms with E-state index in [2.05, 4.69) is 21.9 Å². The van der Waals surface area contributed by atoms with Gasteiger partial charge in [0.2, 0.25) is 0 Å². The summed E-state index contributed by atoms with van der Waals surface area (Å²) in [4.78, 5) is 12.8. The lowest BCUT2D eigenvalue weighted by molar-refractivity contribution is 0.272. The maximum absolute atomic E-state index is 5.67. The molecule has 1 heterocycles. The van der Waals surface area contributed by atoms with E-state index < -0.39 is 0 Å². The van der Waals surface area contributed by atoms with Crippen molar-refractivity contribution in [1.82, 2.24) is 15.0 Å². The first-order chi connectivity index (χ1) is 11.3. The molecule has 0 unspecified atom stereocenters. The lowest BCUT2D eigenvalue weighted by atomic mass is 10.1. The molecule has 0 saturated carbocycles. The van der Waals surface area contributed by atoms with Crippen LogP contribution >= 0.6 is 0 Å². The van der Waals surface area contributed by atoms with Gasteiger partial charge in [0.05, 0.1) is 13.7 Å². The van der Waals surface area contributed by atoms with Gasteiger partial charge in [-0.25, -0.2) is 0 Å². The summed E-state index contributed by atoms with van der Waals surface area (Å²) < 4.78 is 10.8. The maximum atomic E-state index is 5.67. The third-order valence-electron chi connectivity index (χ3n) is 3.54. The second kappa shape index (κ2) is 9.77. The molecule has 2 aromatic rings. The van der Waals surface area contributed by atoms with Gasteiger partial charge in [-0.05, 0) is 6.42 Å². The summed E-state index contributed by atoms with van der Waals surface area (Å²) >= 11 is 0. The Morgan fingerprint density at radius 2 is 1.52 bits per heavy atom. The normalized spacial score (nSPS) is 10.5. The van der Waals surface area contributed by atoms with E-state index in [4.69, 9.17) is 9.47 Å². The molecule has 0 fully saturated rings. The molecule has 0 bridgehead atoms. The van der Waals surface area contributed by atoms with Gasteiger partial charge in [0.25, 0.3) is 0 Å². The number of nitrogens with zero attached hydrogens (tertiary/aromatic N) is 3. The molecule has 23 heavy (non-hydrogen) atoms. The molecule has 0 saturated heterocycles. The van der Waals surface area contributed by atoms with Gasteiger partial charge in [0.15, 0.2) is 5.82 Å². The lowest BCUT2D eigenvalue weighted by Crippen LogP contribution is -2.05. The summed E-state index contributed by atoms with van der Waals surface area (Å²) in [5.41, 5.74) is 0.914. The molecule has 1 aromatic carbocycles. The standard InChI is InChI=1S/C18H25N3O2/c1-3-4-5-6-7-11-14-23-18-20-16(19-17(21-18)22-2)15-12-9-8-10-13-15/h8-10,12-13H,3-7,11,14H2,1-2H3. The molecule has 0 N–H and O–H groups in total. The van der Waals surface area contributed by atoms with E-state index in [1.807, 2.05) is 30.3 Å². The predicted octanol–water partition coefficient (Wildman–Crippen LogP) is 4.29. The van der Waals surface area contributed by atoms with E-state index in [1.165, 1.54) is 32.1 Å². The van der Waals surface area contributed by atoms with Gasteiger partial charge in [0.1, 0.15) is 0 Å². The largest absolute Gasteiger partial charge is 0.467 e. The molecule has 0 aliphatic rings. The van der Waals surface area contributed by atoms with Crippen LogP contribution in [0.2, 0.25) is 0 Å². The van der Waals surface area contributed by atoms with Crippen LogP contribution in [-0.2, 0) is 0 Å². The molecular formula is C18H25N3O2. The zero-order valence-corrected chi connectivity index (χ0v) is 14.0. The third kappa shape index (κ3) is 5.85. The first kappa shape index (κ1) is 17.2. The fourth-order valence-electron chi connectivity index (χ4n) is 2.26. The van der Waals surface area contributed by atoms with Gasteiger partial charge in [0, 0.05) is 5.56 Å². The molecular weight excluding hydrogens is 290 g/mol. The molecule has 0 radical (unpaired) electrons. The van der Waals surface area contributed by atoms with Crippen LogP contribution in [0.25, 0.3) is 11.4 Å². The van der Waals surface area contributed by atoms with Gasteiger partial charge in [-0.3, -0.25) is 0 Å². The fraction of sp³-hybridized carbons (Fsp3) is 0.500. The SMILES string of the molecule is CCCCCCCCOc1nc(OC)nc(-c2ccccc2)n1. The van der Waals surface area contributed by atoms with Crippen molar-refractivity contribution in [3.8, 4) is 23.4 Å². The second-order valence-electron chi connectivity index (χ2n) is 5.41. The first-order valence-electron chi connectivity index (χ1n) is 8.31. The number of aromatic nitrogens is 3. The summed E-state index contributed by atoms with van der Waals surface area (Å²) in [7, 11) is 1.54. The van der Waals surface area contributed by atoms with Crippen molar-refractivity contribution in [2.75, 3.05) is 13.7 Å². The highest BCUT2D eigenvalue weighted by atomic mass is 16.5. The molecule has 2 rings (SSSR count). The fourth-order valence-corrected chi connectivity index (χ4v) is 2.26. The Morgan fingerprint density at radius 1 is 0.826 bits per heavy atom. The van der Waals surface area contributed by atoms with E-state index in [-0.39, 0.29) is 6.01 Å². The molecule has 0 aliphatic heterocycles. The van der Waals surface area contributed by atoms with Crippen molar-refractivity contribution in [3.63, 3.8) is 0 Å². The number of unbranched alkanes of at least 4 members (excludes halogenated alkanes) is 5. The first-order valence-corrected chi connectivity index (χ1v) is 8.31. The Kier molecular flexibility index (Phi) is 7.30. The molecule has 0 aliphatic carbocycles. The molecule has 0 spiro atoms. The van der Waals surface area contributed by atoms with Crippen molar-refractivity contribution >= 4 is 0 Å². The quantitative estimate of drug-likeness (QED) is 0.612. The van der Waals surface area contributed by atoms with Crippen molar-refractivity contribution < 1.29 is 9.47 Å². The van der Waals surface area contributed by atoms with Crippen LogP contribution in [0.5, 0.6) is 12.0 Å². The Hall–Kier alpha value is -2.17. The molecule has 0 atom stereocenters. The minimum absolute atomic E-state index is 0.275. The summed E-state index contributed by atoms with van der Waals surface area (Å²) in [6, 6.07) is 10.3. The number of rotatable bonds is 10. The van der Waals surface area contributed by atoms with Gasteiger partial charge < -0.3 is 9.47 Å². The minimum Gasteiger partial charge on any atom is -0.467 e. The summed E-state index contributed by atoms with van der Waals surface area (Å²) in [6.45, 7) is 2.84. The highest BCUT2D eigenvalue weighted by molar-refractivity contribution is 5.54. The Balaban J connectivity index is 1.91. The second-order valence-corrected chi connectivity index (χ2v) is 5.41. The van der Waals surface area contributed by atoms with Crippen LogP contribution in [0.1, 0.15) is 45.4 Å². The summed E-state index contributed by atoms with van der Waals surface area (Å²) in [5.74, 6) is 0.565. The van der Waals surface area contributed by atoms with Crippen LogP contribution in [0.4, 0.5) is 0 Å². The van der Waals surface area contributed by atoms with Crippen LogP contribution in [0.15, 0.2) is 30.3 Å². The van der Waals surface area contributed by atoms with Gasteiger partial charge >= 0.3 is 12.0 Å².